The predicted molar refractivity (Wildman–Crippen MR) is 77.0 cm³/mol. The standard InChI is InChI=1S/C12H22N2O.C3H6O3/c1-2-3-4-5-6-7-10-15-12-14-9-8-13-11-14;1-2(4)3(5)6/h8-9,11H,2-7,10,12H2,1H3;2,4H,1H3,(H,5,6). The van der Waals surface area contributed by atoms with Gasteiger partial charge in [0.2, 0.25) is 6.33 Å². The van der Waals surface area contributed by atoms with Gasteiger partial charge in [0.25, 0.3) is 0 Å². The number of nitrogens with zero attached hydrogens (tertiary/aromatic N) is 1. The Hall–Kier alpha value is -1.40. The van der Waals surface area contributed by atoms with Crippen molar-refractivity contribution in [2.24, 2.45) is 0 Å². The molecule has 0 saturated carbocycles. The Balaban J connectivity index is 0.000000567. The number of carbonyl (C=O) groups is 1. The number of hydrogen-bond donors (Lipinski definition) is 2. The highest BCUT2D eigenvalue weighted by molar-refractivity contribution is 5.68. The summed E-state index contributed by atoms with van der Waals surface area (Å²) in [5, 5.41) is 17.3. The molecule has 2 N–H and O–H groups in total. The summed E-state index contributed by atoms with van der Waals surface area (Å²) in [6.45, 7) is 4.93. The molecule has 0 radical (unpaired) electrons. The van der Waals surface area contributed by atoms with E-state index >= 15 is 0 Å². The molecule has 1 aromatic heterocycles. The summed E-state index contributed by atoms with van der Waals surface area (Å²) in [5.74, 6) is -1.44. The van der Waals surface area contributed by atoms with Gasteiger partial charge in [0.05, 0.1) is 18.7 Å². The van der Waals surface area contributed by atoms with Gasteiger partial charge in [-0.05, 0) is 13.3 Å². The van der Waals surface area contributed by atoms with Crippen LogP contribution in [-0.2, 0) is 16.3 Å². The number of aromatic amines is 1. The molecule has 1 rings (SSSR count). The van der Waals surface area contributed by atoms with Crippen LogP contribution in [0.5, 0.6) is 0 Å². The first kappa shape index (κ1) is 19.6. The van der Waals surface area contributed by atoms with Crippen LogP contribution >= 0.6 is 0 Å². The summed E-state index contributed by atoms with van der Waals surface area (Å²) in [4.78, 5) is 12.3. The van der Waals surface area contributed by atoms with Crippen molar-refractivity contribution in [2.45, 2.75) is 65.2 Å². The highest BCUT2D eigenvalue weighted by Gasteiger charge is 1.95. The van der Waals surface area contributed by atoms with E-state index in [-0.39, 0.29) is 0 Å². The first-order chi connectivity index (χ1) is 10.1. The fraction of sp³-hybridized carbons (Fsp3) is 0.733. The number of H-pyrrole nitrogens is 1. The normalized spacial score (nSPS) is 11.6. The molecule has 0 bridgehead atoms. The van der Waals surface area contributed by atoms with Crippen LogP contribution in [0, 0.1) is 0 Å². The van der Waals surface area contributed by atoms with E-state index in [1.807, 2.05) is 23.3 Å². The smallest absolute Gasteiger partial charge is 0.243 e. The lowest BCUT2D eigenvalue weighted by atomic mass is 10.1. The van der Waals surface area contributed by atoms with Crippen molar-refractivity contribution in [1.82, 2.24) is 4.98 Å². The number of aliphatic carboxylic acids is 1. The summed E-state index contributed by atoms with van der Waals surface area (Å²) >= 11 is 0. The van der Waals surface area contributed by atoms with Gasteiger partial charge in [-0.15, -0.1) is 0 Å². The molecule has 6 heteroatoms. The fourth-order valence-corrected chi connectivity index (χ4v) is 1.56. The second-order valence-corrected chi connectivity index (χ2v) is 4.93. The van der Waals surface area contributed by atoms with Gasteiger partial charge in [-0.25, -0.2) is 4.57 Å². The molecule has 0 fully saturated rings. The molecule has 1 atom stereocenters. The Morgan fingerprint density at radius 2 is 1.95 bits per heavy atom. The van der Waals surface area contributed by atoms with Crippen LogP contribution in [0.4, 0.5) is 0 Å². The Kier molecular flexibility index (Phi) is 12.7. The summed E-state index contributed by atoms with van der Waals surface area (Å²) in [6, 6.07) is 0. The highest BCUT2D eigenvalue weighted by atomic mass is 16.5. The zero-order chi connectivity index (χ0) is 15.9. The topological polar surface area (TPSA) is 89.3 Å². The number of ether oxygens (including phenoxy) is 1. The molecule has 0 aliphatic heterocycles. The average molecular weight is 300 g/mol. The second-order valence-electron chi connectivity index (χ2n) is 4.93. The van der Waals surface area contributed by atoms with Gasteiger partial charge in [-0.3, -0.25) is 4.98 Å². The van der Waals surface area contributed by atoms with Crippen LogP contribution in [0.15, 0.2) is 18.7 Å². The number of aliphatic hydroxyl groups excluding tert-OH is 1. The maximum Gasteiger partial charge on any atom is 0.243 e. The monoisotopic (exact) mass is 300 g/mol. The number of carboxylic acid groups (broad SMARTS) is 1. The number of carbonyl (C=O) groups excluding carboxylic acids is 1. The molecule has 0 aliphatic rings. The van der Waals surface area contributed by atoms with Gasteiger partial charge in [-0.2, -0.15) is 0 Å². The maximum absolute atomic E-state index is 9.34. The number of aliphatic hydroxyl groups is 1. The van der Waals surface area contributed by atoms with Crippen molar-refractivity contribution in [1.29, 1.82) is 0 Å². The van der Waals surface area contributed by atoms with Gasteiger partial charge in [0.1, 0.15) is 12.4 Å². The second kappa shape index (κ2) is 13.6. The zero-order valence-corrected chi connectivity index (χ0v) is 13.1. The summed E-state index contributed by atoms with van der Waals surface area (Å²) in [5.41, 5.74) is 0. The number of imidazole rings is 1. The Bertz CT molecular complexity index is 339. The van der Waals surface area contributed by atoms with Crippen molar-refractivity contribution < 1.29 is 24.3 Å². The highest BCUT2D eigenvalue weighted by Crippen LogP contribution is 2.04. The Morgan fingerprint density at radius 3 is 2.48 bits per heavy atom. The molecule has 122 valence electrons. The van der Waals surface area contributed by atoms with Crippen LogP contribution in [-0.4, -0.2) is 28.8 Å². The lowest BCUT2D eigenvalue weighted by Gasteiger charge is -2.01. The molecule has 0 saturated heterocycles. The Morgan fingerprint density at radius 1 is 1.33 bits per heavy atom. The summed E-state index contributed by atoms with van der Waals surface area (Å²) in [7, 11) is 0. The third-order valence-electron chi connectivity index (χ3n) is 2.83. The van der Waals surface area contributed by atoms with E-state index in [0.717, 1.165) is 13.5 Å². The molecular weight excluding hydrogens is 272 g/mol. The number of rotatable bonds is 10. The minimum Gasteiger partial charge on any atom is -0.547 e. The van der Waals surface area contributed by atoms with E-state index in [1.165, 1.54) is 38.5 Å². The summed E-state index contributed by atoms with van der Waals surface area (Å²) < 4.78 is 7.52. The van der Waals surface area contributed by atoms with Crippen LogP contribution < -0.4 is 9.67 Å². The van der Waals surface area contributed by atoms with E-state index < -0.39 is 12.1 Å². The number of aromatic nitrogens is 2. The van der Waals surface area contributed by atoms with Crippen molar-refractivity contribution in [2.75, 3.05) is 6.61 Å². The largest absolute Gasteiger partial charge is 0.547 e. The number of nitrogens with one attached hydrogen (secondary N) is 1. The quantitative estimate of drug-likeness (QED) is 0.493. The van der Waals surface area contributed by atoms with Gasteiger partial charge in [-0.1, -0.05) is 39.0 Å². The lowest BCUT2D eigenvalue weighted by molar-refractivity contribution is -0.731. The van der Waals surface area contributed by atoms with Crippen LogP contribution in [0.2, 0.25) is 0 Å². The van der Waals surface area contributed by atoms with E-state index in [0.29, 0.717) is 6.73 Å². The van der Waals surface area contributed by atoms with Crippen molar-refractivity contribution in [3.63, 3.8) is 0 Å². The van der Waals surface area contributed by atoms with Crippen molar-refractivity contribution in [3.8, 4) is 0 Å². The first-order valence-electron chi connectivity index (χ1n) is 7.56. The molecule has 0 spiro atoms. The van der Waals surface area contributed by atoms with E-state index in [1.54, 1.807) is 0 Å². The van der Waals surface area contributed by atoms with Gasteiger partial charge in [0.15, 0.2) is 6.73 Å². The molecule has 0 aliphatic carbocycles. The Labute approximate surface area is 126 Å². The minimum atomic E-state index is -1.44. The summed E-state index contributed by atoms with van der Waals surface area (Å²) in [6.07, 6.45) is 12.4. The van der Waals surface area contributed by atoms with Gasteiger partial charge >= 0.3 is 0 Å². The molecule has 0 aromatic carbocycles. The van der Waals surface area contributed by atoms with Gasteiger partial charge in [0, 0.05) is 0 Å². The van der Waals surface area contributed by atoms with Crippen molar-refractivity contribution in [3.05, 3.63) is 18.7 Å². The van der Waals surface area contributed by atoms with Crippen LogP contribution in [0.3, 0.4) is 0 Å². The van der Waals surface area contributed by atoms with Gasteiger partial charge < -0.3 is 19.7 Å². The van der Waals surface area contributed by atoms with Crippen LogP contribution in [0.1, 0.15) is 52.4 Å². The van der Waals surface area contributed by atoms with E-state index in [2.05, 4.69) is 11.9 Å². The fourth-order valence-electron chi connectivity index (χ4n) is 1.56. The molecule has 6 nitrogen and oxygen atoms in total. The molecule has 1 heterocycles. The minimum absolute atomic E-state index is 0.665. The molecular formula is C15H28N2O4. The van der Waals surface area contributed by atoms with E-state index in [4.69, 9.17) is 9.84 Å². The molecule has 0 amide bonds. The number of unbranched alkanes of at least 4 members (excludes halogenated alkanes) is 5. The molecule has 1 aromatic rings. The van der Waals surface area contributed by atoms with Crippen molar-refractivity contribution >= 4 is 5.97 Å². The zero-order valence-electron chi connectivity index (χ0n) is 13.1. The van der Waals surface area contributed by atoms with Crippen LogP contribution in [0.25, 0.3) is 0 Å². The third-order valence-corrected chi connectivity index (χ3v) is 2.83. The SMILES string of the molecule is CC(O)C(=O)[O-].CCCCCCCCOC[n+]1cc[nH]c1. The molecule has 1 unspecified atom stereocenters. The molecule has 21 heavy (non-hydrogen) atoms. The lowest BCUT2D eigenvalue weighted by Crippen LogP contribution is -2.32. The third kappa shape index (κ3) is 13.3. The number of carboxylic acids is 1. The first-order valence-corrected chi connectivity index (χ1v) is 7.56. The number of hydrogen-bond acceptors (Lipinski definition) is 4. The van der Waals surface area contributed by atoms with E-state index in [9.17, 15) is 9.90 Å². The predicted octanol–water partition coefficient (Wildman–Crippen LogP) is 0.754. The maximum atomic E-state index is 9.34. The average Bonchev–Trinajstić information content (AvgIpc) is 2.95.